The van der Waals surface area contributed by atoms with Crippen LogP contribution in [0, 0.1) is 6.92 Å². The molecule has 0 saturated heterocycles. The van der Waals surface area contributed by atoms with E-state index in [2.05, 4.69) is 11.9 Å². The van der Waals surface area contributed by atoms with Gasteiger partial charge in [0.2, 0.25) is 10.0 Å². The standard InChI is InChI=1S/C14H24N2O3S/c1-6-8-16(11(3)4)20(17,18)14-9-13(10-15-7-2)19-12(14)5/h6,9,11,15H,1,7-8,10H2,2-5H3. The number of hydrogen-bond donors (Lipinski definition) is 1. The van der Waals surface area contributed by atoms with Crippen LogP contribution in [-0.2, 0) is 16.6 Å². The Morgan fingerprint density at radius 3 is 2.65 bits per heavy atom. The van der Waals surface area contributed by atoms with Crippen molar-refractivity contribution in [2.45, 2.75) is 45.2 Å². The summed E-state index contributed by atoms with van der Waals surface area (Å²) in [6.45, 7) is 12.6. The highest BCUT2D eigenvalue weighted by Crippen LogP contribution is 2.25. The van der Waals surface area contributed by atoms with Crippen molar-refractivity contribution in [1.82, 2.24) is 9.62 Å². The van der Waals surface area contributed by atoms with E-state index in [1.54, 1.807) is 19.1 Å². The summed E-state index contributed by atoms with van der Waals surface area (Å²) in [6, 6.07) is 1.47. The molecular formula is C14H24N2O3S. The van der Waals surface area contributed by atoms with E-state index in [0.717, 1.165) is 6.54 Å². The number of nitrogens with one attached hydrogen (secondary N) is 1. The summed E-state index contributed by atoms with van der Waals surface area (Å²) in [5, 5.41) is 3.12. The molecule has 1 aromatic rings. The molecule has 0 aliphatic carbocycles. The molecule has 0 unspecified atom stereocenters. The molecule has 0 fully saturated rings. The molecule has 1 rings (SSSR count). The van der Waals surface area contributed by atoms with Crippen LogP contribution in [0.1, 0.15) is 32.3 Å². The fourth-order valence-corrected chi connectivity index (χ4v) is 3.75. The average Bonchev–Trinajstić information content (AvgIpc) is 2.74. The Morgan fingerprint density at radius 1 is 1.50 bits per heavy atom. The monoisotopic (exact) mass is 300 g/mol. The zero-order valence-electron chi connectivity index (χ0n) is 12.6. The summed E-state index contributed by atoms with van der Waals surface area (Å²) in [7, 11) is -3.56. The van der Waals surface area contributed by atoms with Gasteiger partial charge in [-0.2, -0.15) is 4.31 Å². The van der Waals surface area contributed by atoms with Crippen LogP contribution in [0.15, 0.2) is 28.0 Å². The van der Waals surface area contributed by atoms with E-state index < -0.39 is 10.0 Å². The minimum Gasteiger partial charge on any atom is -0.464 e. The molecule has 0 saturated carbocycles. The van der Waals surface area contributed by atoms with Crippen molar-refractivity contribution in [2.75, 3.05) is 13.1 Å². The van der Waals surface area contributed by atoms with Gasteiger partial charge in [-0.25, -0.2) is 8.42 Å². The van der Waals surface area contributed by atoms with Crippen LogP contribution in [0.5, 0.6) is 0 Å². The Morgan fingerprint density at radius 2 is 2.15 bits per heavy atom. The van der Waals surface area contributed by atoms with E-state index in [9.17, 15) is 8.42 Å². The summed E-state index contributed by atoms with van der Waals surface area (Å²) in [5.41, 5.74) is 0. The van der Waals surface area contributed by atoms with Gasteiger partial charge in [0.1, 0.15) is 16.4 Å². The molecule has 0 aromatic carbocycles. The topological polar surface area (TPSA) is 62.6 Å². The number of rotatable bonds is 8. The third kappa shape index (κ3) is 3.71. The maximum absolute atomic E-state index is 12.7. The van der Waals surface area contributed by atoms with Crippen molar-refractivity contribution in [3.05, 3.63) is 30.2 Å². The Balaban J connectivity index is 3.13. The minimum atomic E-state index is -3.56. The molecule has 0 bridgehead atoms. The summed E-state index contributed by atoms with van der Waals surface area (Å²) in [6.07, 6.45) is 1.59. The second-order valence-corrected chi connectivity index (χ2v) is 6.73. The second kappa shape index (κ2) is 7.06. The van der Waals surface area contributed by atoms with E-state index in [4.69, 9.17) is 4.42 Å². The summed E-state index contributed by atoms with van der Waals surface area (Å²) in [4.78, 5) is 0.237. The molecule has 0 atom stereocenters. The number of furan rings is 1. The van der Waals surface area contributed by atoms with Gasteiger partial charge in [0.15, 0.2) is 0 Å². The first-order valence-electron chi connectivity index (χ1n) is 6.77. The fourth-order valence-electron chi connectivity index (χ4n) is 1.96. The van der Waals surface area contributed by atoms with Gasteiger partial charge in [0, 0.05) is 18.7 Å². The second-order valence-electron chi connectivity index (χ2n) is 4.87. The molecule has 1 heterocycles. The molecule has 0 spiro atoms. The first-order chi connectivity index (χ1) is 9.34. The zero-order chi connectivity index (χ0) is 15.3. The zero-order valence-corrected chi connectivity index (χ0v) is 13.5. The highest BCUT2D eigenvalue weighted by atomic mass is 32.2. The molecule has 114 valence electrons. The molecule has 0 aliphatic heterocycles. The van der Waals surface area contributed by atoms with Gasteiger partial charge in [0.25, 0.3) is 0 Å². The lowest BCUT2D eigenvalue weighted by molar-refractivity contribution is 0.381. The highest BCUT2D eigenvalue weighted by molar-refractivity contribution is 7.89. The number of nitrogens with zero attached hydrogens (tertiary/aromatic N) is 1. The summed E-state index contributed by atoms with van der Waals surface area (Å²) in [5.74, 6) is 1.05. The van der Waals surface area contributed by atoms with Crippen LogP contribution < -0.4 is 5.32 Å². The minimum absolute atomic E-state index is 0.135. The van der Waals surface area contributed by atoms with E-state index in [0.29, 0.717) is 18.1 Å². The smallest absolute Gasteiger partial charge is 0.247 e. The predicted octanol–water partition coefficient (Wildman–Crippen LogP) is 2.28. The quantitative estimate of drug-likeness (QED) is 0.748. The SMILES string of the molecule is C=CCN(C(C)C)S(=O)(=O)c1cc(CNCC)oc1C. The van der Waals surface area contributed by atoms with Crippen LogP contribution >= 0.6 is 0 Å². The van der Waals surface area contributed by atoms with E-state index in [1.807, 2.05) is 20.8 Å². The lowest BCUT2D eigenvalue weighted by atomic mass is 10.4. The third-order valence-electron chi connectivity index (χ3n) is 2.94. The van der Waals surface area contributed by atoms with Crippen LogP contribution in [-0.4, -0.2) is 31.9 Å². The Hall–Kier alpha value is -1.11. The van der Waals surface area contributed by atoms with Gasteiger partial charge in [-0.15, -0.1) is 6.58 Å². The maximum atomic E-state index is 12.7. The average molecular weight is 300 g/mol. The molecule has 6 heteroatoms. The van der Waals surface area contributed by atoms with Crippen LogP contribution in [0.3, 0.4) is 0 Å². The van der Waals surface area contributed by atoms with Crippen LogP contribution in [0.25, 0.3) is 0 Å². The Kier molecular flexibility index (Phi) is 5.98. The molecule has 0 radical (unpaired) electrons. The van der Waals surface area contributed by atoms with E-state index in [1.165, 1.54) is 4.31 Å². The number of aryl methyl sites for hydroxylation is 1. The van der Waals surface area contributed by atoms with E-state index in [-0.39, 0.29) is 17.5 Å². The third-order valence-corrected chi connectivity index (χ3v) is 5.09. The van der Waals surface area contributed by atoms with Gasteiger partial charge >= 0.3 is 0 Å². The number of sulfonamides is 1. The first-order valence-corrected chi connectivity index (χ1v) is 8.21. The van der Waals surface area contributed by atoms with Crippen LogP contribution in [0.2, 0.25) is 0 Å². The van der Waals surface area contributed by atoms with Gasteiger partial charge in [-0.3, -0.25) is 0 Å². The van der Waals surface area contributed by atoms with Crippen molar-refractivity contribution in [1.29, 1.82) is 0 Å². The predicted molar refractivity (Wildman–Crippen MR) is 80.1 cm³/mol. The molecule has 5 nitrogen and oxygen atoms in total. The Bertz CT molecular complexity index is 547. The molecule has 0 amide bonds. The van der Waals surface area contributed by atoms with Crippen molar-refractivity contribution in [2.24, 2.45) is 0 Å². The van der Waals surface area contributed by atoms with Gasteiger partial charge in [-0.05, 0) is 27.3 Å². The lowest BCUT2D eigenvalue weighted by Crippen LogP contribution is -2.37. The Labute approximate surface area is 121 Å². The van der Waals surface area contributed by atoms with Crippen LogP contribution in [0.4, 0.5) is 0 Å². The molecular weight excluding hydrogens is 276 g/mol. The van der Waals surface area contributed by atoms with Crippen molar-refractivity contribution >= 4 is 10.0 Å². The van der Waals surface area contributed by atoms with Crippen molar-refractivity contribution < 1.29 is 12.8 Å². The van der Waals surface area contributed by atoms with Gasteiger partial charge in [0.05, 0.1) is 6.54 Å². The molecule has 20 heavy (non-hydrogen) atoms. The largest absolute Gasteiger partial charge is 0.464 e. The van der Waals surface area contributed by atoms with Gasteiger partial charge in [-0.1, -0.05) is 13.0 Å². The normalized spacial score (nSPS) is 12.3. The fraction of sp³-hybridized carbons (Fsp3) is 0.571. The summed E-state index contributed by atoms with van der Waals surface area (Å²) >= 11 is 0. The lowest BCUT2D eigenvalue weighted by Gasteiger charge is -2.24. The first kappa shape index (κ1) is 16.9. The maximum Gasteiger partial charge on any atom is 0.247 e. The summed E-state index contributed by atoms with van der Waals surface area (Å²) < 4.78 is 32.3. The number of hydrogen-bond acceptors (Lipinski definition) is 4. The van der Waals surface area contributed by atoms with Crippen molar-refractivity contribution in [3.63, 3.8) is 0 Å². The molecule has 1 N–H and O–H groups in total. The van der Waals surface area contributed by atoms with E-state index >= 15 is 0 Å². The van der Waals surface area contributed by atoms with Gasteiger partial charge < -0.3 is 9.73 Å². The molecule has 1 aromatic heterocycles. The molecule has 0 aliphatic rings. The highest BCUT2D eigenvalue weighted by Gasteiger charge is 2.29. The van der Waals surface area contributed by atoms with Crippen molar-refractivity contribution in [3.8, 4) is 0 Å².